The van der Waals surface area contributed by atoms with Crippen LogP contribution in [0.3, 0.4) is 0 Å². The van der Waals surface area contributed by atoms with Gasteiger partial charge in [0.15, 0.2) is 12.3 Å². The van der Waals surface area contributed by atoms with Gasteiger partial charge in [0.1, 0.15) is 0 Å². The van der Waals surface area contributed by atoms with E-state index in [2.05, 4.69) is 31.3 Å². The van der Waals surface area contributed by atoms with Crippen LogP contribution in [0.2, 0.25) is 0 Å². The van der Waals surface area contributed by atoms with E-state index in [1.165, 1.54) is 38.2 Å². The van der Waals surface area contributed by atoms with Crippen LogP contribution in [-0.2, 0) is 4.79 Å². The number of benzene rings is 1. The first-order chi connectivity index (χ1) is 14.9. The number of carbonyl (C=O) groups excluding carboxylic acids is 2. The number of quaternary nitrogens is 1. The van der Waals surface area contributed by atoms with Gasteiger partial charge in [-0.1, -0.05) is 38.7 Å². The van der Waals surface area contributed by atoms with Crippen molar-refractivity contribution in [3.8, 4) is 0 Å². The number of carbonyl (C=O) groups is 2. The summed E-state index contributed by atoms with van der Waals surface area (Å²) in [5.74, 6) is -0.0926. The molecule has 1 amide bonds. The topological polar surface area (TPSA) is 59.1 Å². The highest BCUT2D eigenvalue weighted by atomic mass is 16.2. The van der Waals surface area contributed by atoms with Crippen molar-refractivity contribution in [1.29, 1.82) is 0 Å². The van der Waals surface area contributed by atoms with E-state index in [1.807, 2.05) is 12.1 Å². The third-order valence-electron chi connectivity index (χ3n) is 5.25. The monoisotopic (exact) mass is 422 g/mol. The standard InChI is InChI=1S/C26H35N3O2/c1-4-5-6-7-8-9-19-29(2,3)21-26(31)28-24-15-13-23(14-16-24)25(30)17-12-22-11-10-18-27-20-22/h10-18,20H,4-9,19,21H2,1-3H3/p+1/b17-12+. The largest absolute Gasteiger partial charge is 0.321 e. The summed E-state index contributed by atoms with van der Waals surface area (Å²) < 4.78 is 0.676. The summed E-state index contributed by atoms with van der Waals surface area (Å²) in [4.78, 5) is 28.8. The van der Waals surface area contributed by atoms with Crippen molar-refractivity contribution >= 4 is 23.5 Å². The number of amides is 1. The Morgan fingerprint density at radius 3 is 2.39 bits per heavy atom. The zero-order valence-corrected chi connectivity index (χ0v) is 19.1. The second-order valence-electron chi connectivity index (χ2n) is 8.69. The molecule has 2 aromatic rings. The van der Waals surface area contributed by atoms with Crippen molar-refractivity contribution in [2.24, 2.45) is 0 Å². The quantitative estimate of drug-likeness (QED) is 0.205. The van der Waals surface area contributed by atoms with Crippen LogP contribution >= 0.6 is 0 Å². The Morgan fingerprint density at radius 2 is 1.71 bits per heavy atom. The summed E-state index contributed by atoms with van der Waals surface area (Å²) in [6.45, 7) is 3.66. The van der Waals surface area contributed by atoms with Crippen molar-refractivity contribution in [3.63, 3.8) is 0 Å². The molecule has 0 unspecified atom stereocenters. The molecule has 2 rings (SSSR count). The fourth-order valence-electron chi connectivity index (χ4n) is 3.45. The lowest BCUT2D eigenvalue weighted by atomic mass is 10.1. The summed E-state index contributed by atoms with van der Waals surface area (Å²) in [5, 5.41) is 2.95. The average Bonchev–Trinajstić information content (AvgIpc) is 2.75. The van der Waals surface area contributed by atoms with E-state index < -0.39 is 0 Å². The maximum absolute atomic E-state index is 12.5. The van der Waals surface area contributed by atoms with Crippen molar-refractivity contribution in [2.75, 3.05) is 32.5 Å². The second-order valence-corrected chi connectivity index (χ2v) is 8.69. The minimum absolute atomic E-state index is 0.00784. The zero-order chi connectivity index (χ0) is 22.5. The molecule has 5 heteroatoms. The molecule has 0 bridgehead atoms. The molecule has 0 saturated carbocycles. The van der Waals surface area contributed by atoms with Crippen LogP contribution in [0, 0.1) is 0 Å². The Balaban J connectivity index is 1.79. The van der Waals surface area contributed by atoms with Gasteiger partial charge in [-0.15, -0.1) is 0 Å². The molecule has 0 saturated heterocycles. The van der Waals surface area contributed by atoms with Crippen LogP contribution < -0.4 is 5.32 Å². The van der Waals surface area contributed by atoms with Gasteiger partial charge >= 0.3 is 0 Å². The zero-order valence-electron chi connectivity index (χ0n) is 19.1. The van der Waals surface area contributed by atoms with Gasteiger partial charge in [-0.2, -0.15) is 0 Å². The number of nitrogens with zero attached hydrogens (tertiary/aromatic N) is 2. The Kier molecular flexibility index (Phi) is 10.1. The number of aromatic nitrogens is 1. The summed E-state index contributed by atoms with van der Waals surface area (Å²) in [7, 11) is 4.20. The van der Waals surface area contributed by atoms with Crippen LogP contribution in [-0.4, -0.2) is 48.3 Å². The maximum atomic E-state index is 12.5. The van der Waals surface area contributed by atoms with Crippen molar-refractivity contribution in [1.82, 2.24) is 4.98 Å². The highest BCUT2D eigenvalue weighted by Gasteiger charge is 2.19. The molecule has 0 aliphatic rings. The lowest BCUT2D eigenvalue weighted by Crippen LogP contribution is -2.46. The van der Waals surface area contributed by atoms with Crippen LogP contribution in [0.5, 0.6) is 0 Å². The molecule has 1 aromatic heterocycles. The number of hydrogen-bond acceptors (Lipinski definition) is 3. The number of likely N-dealkylation sites (N-methyl/N-ethyl adjacent to an activating group) is 1. The molecule has 31 heavy (non-hydrogen) atoms. The Labute approximate surface area is 186 Å². The molecule has 166 valence electrons. The molecule has 0 spiro atoms. The SMILES string of the molecule is CCCCCCCC[N+](C)(C)CC(=O)Nc1ccc(C(=O)/C=C/c2cccnc2)cc1. The van der Waals surface area contributed by atoms with Gasteiger partial charge in [0.05, 0.1) is 20.6 Å². The number of hydrogen-bond donors (Lipinski definition) is 1. The molecule has 0 fully saturated rings. The average molecular weight is 423 g/mol. The van der Waals surface area contributed by atoms with Gasteiger partial charge in [-0.25, -0.2) is 0 Å². The predicted octanol–water partition coefficient (Wildman–Crippen LogP) is 5.35. The molecular formula is C26H36N3O2+. The summed E-state index contributed by atoms with van der Waals surface area (Å²) >= 11 is 0. The number of unbranched alkanes of at least 4 members (excludes halogenated alkanes) is 5. The van der Waals surface area contributed by atoms with E-state index in [-0.39, 0.29) is 11.7 Å². The van der Waals surface area contributed by atoms with Gasteiger partial charge < -0.3 is 9.80 Å². The van der Waals surface area contributed by atoms with Crippen molar-refractivity contribution in [3.05, 3.63) is 66.0 Å². The first-order valence-corrected chi connectivity index (χ1v) is 11.2. The summed E-state index contributed by atoms with van der Waals surface area (Å²) in [6.07, 6.45) is 14.2. The Bertz CT molecular complexity index is 843. The van der Waals surface area contributed by atoms with Crippen LogP contribution in [0.15, 0.2) is 54.9 Å². The van der Waals surface area contributed by atoms with Gasteiger partial charge in [0.2, 0.25) is 0 Å². The molecule has 5 nitrogen and oxygen atoms in total. The first-order valence-electron chi connectivity index (χ1n) is 11.2. The minimum atomic E-state index is -0.0848. The highest BCUT2D eigenvalue weighted by molar-refractivity contribution is 6.07. The van der Waals surface area contributed by atoms with Crippen molar-refractivity contribution in [2.45, 2.75) is 45.4 Å². The van der Waals surface area contributed by atoms with Crippen LogP contribution in [0.25, 0.3) is 6.08 Å². The number of nitrogens with one attached hydrogen (secondary N) is 1. The molecule has 1 heterocycles. The van der Waals surface area contributed by atoms with E-state index in [0.29, 0.717) is 22.3 Å². The molecule has 1 N–H and O–H groups in total. The third kappa shape index (κ3) is 9.71. The van der Waals surface area contributed by atoms with Crippen LogP contribution in [0.1, 0.15) is 61.4 Å². The molecule has 1 aromatic carbocycles. The van der Waals surface area contributed by atoms with E-state index in [0.717, 1.165) is 18.5 Å². The lowest BCUT2D eigenvalue weighted by Gasteiger charge is -2.29. The van der Waals surface area contributed by atoms with Crippen molar-refractivity contribution < 1.29 is 14.1 Å². The molecule has 0 aliphatic carbocycles. The number of allylic oxidation sites excluding steroid dienone is 1. The van der Waals surface area contributed by atoms with Gasteiger partial charge in [0, 0.05) is 23.6 Å². The second kappa shape index (κ2) is 12.8. The van der Waals surface area contributed by atoms with E-state index in [4.69, 9.17) is 0 Å². The van der Waals surface area contributed by atoms with E-state index in [1.54, 1.807) is 42.7 Å². The predicted molar refractivity (Wildman–Crippen MR) is 128 cm³/mol. The fraction of sp³-hybridized carbons (Fsp3) is 0.423. The number of rotatable bonds is 13. The highest BCUT2D eigenvalue weighted by Crippen LogP contribution is 2.13. The number of anilines is 1. The molecule has 0 atom stereocenters. The van der Waals surface area contributed by atoms with E-state index >= 15 is 0 Å². The van der Waals surface area contributed by atoms with Gasteiger partial charge in [-0.3, -0.25) is 14.6 Å². The van der Waals surface area contributed by atoms with Gasteiger partial charge in [0.25, 0.3) is 5.91 Å². The van der Waals surface area contributed by atoms with Gasteiger partial charge in [-0.05, 0) is 60.9 Å². The minimum Gasteiger partial charge on any atom is -0.321 e. The normalized spacial score (nSPS) is 11.6. The Morgan fingerprint density at radius 1 is 1.00 bits per heavy atom. The van der Waals surface area contributed by atoms with E-state index in [9.17, 15) is 9.59 Å². The van der Waals surface area contributed by atoms with Crippen LogP contribution in [0.4, 0.5) is 5.69 Å². The lowest BCUT2D eigenvalue weighted by molar-refractivity contribution is -0.882. The summed E-state index contributed by atoms with van der Waals surface area (Å²) in [5.41, 5.74) is 2.16. The number of ketones is 1. The third-order valence-corrected chi connectivity index (χ3v) is 5.25. The smallest absolute Gasteiger partial charge is 0.279 e. The summed E-state index contributed by atoms with van der Waals surface area (Å²) in [6, 6.07) is 10.7. The molecule has 0 radical (unpaired) electrons. The first kappa shape index (κ1) is 24.5. The fourth-order valence-corrected chi connectivity index (χ4v) is 3.45. The maximum Gasteiger partial charge on any atom is 0.279 e. The molecular weight excluding hydrogens is 386 g/mol. The number of pyridine rings is 1. The Hall–Kier alpha value is -2.79. The molecule has 0 aliphatic heterocycles.